The molecule has 1 aromatic rings. The summed E-state index contributed by atoms with van der Waals surface area (Å²) in [4.78, 5) is 0. The smallest absolute Gasteiger partial charge is 0.414 e. The molecule has 0 saturated heterocycles. The van der Waals surface area contributed by atoms with Crippen molar-refractivity contribution in [3.63, 3.8) is 0 Å². The van der Waals surface area contributed by atoms with Crippen LogP contribution in [0.15, 0.2) is 24.3 Å². The SMILES string of the molecule is CCCCOP1Oc2ccccc2O1. The van der Waals surface area contributed by atoms with Crippen molar-refractivity contribution in [2.24, 2.45) is 0 Å². The number of hydrogen-bond donors (Lipinski definition) is 0. The molecule has 76 valence electrons. The highest BCUT2D eigenvalue weighted by Gasteiger charge is 2.26. The first-order valence-corrected chi connectivity index (χ1v) is 5.87. The monoisotopic (exact) mass is 212 g/mol. The van der Waals surface area contributed by atoms with Gasteiger partial charge in [0.25, 0.3) is 0 Å². The van der Waals surface area contributed by atoms with Crippen LogP contribution in [0.4, 0.5) is 0 Å². The molecule has 1 heterocycles. The molecule has 1 aliphatic heterocycles. The molecular formula is C10H13O3P. The molecule has 0 aliphatic carbocycles. The van der Waals surface area contributed by atoms with Crippen LogP contribution < -0.4 is 9.05 Å². The Morgan fingerprint density at radius 1 is 1.21 bits per heavy atom. The second-order valence-electron chi connectivity index (χ2n) is 3.04. The number of unbranched alkanes of at least 4 members (excludes halogenated alkanes) is 1. The van der Waals surface area contributed by atoms with Gasteiger partial charge in [0.1, 0.15) is 0 Å². The molecule has 2 rings (SSSR count). The summed E-state index contributed by atoms with van der Waals surface area (Å²) >= 11 is 0. The zero-order valence-corrected chi connectivity index (χ0v) is 9.00. The van der Waals surface area contributed by atoms with Crippen LogP contribution in [0, 0.1) is 0 Å². The van der Waals surface area contributed by atoms with Gasteiger partial charge in [0.15, 0.2) is 11.5 Å². The third kappa shape index (κ3) is 2.17. The van der Waals surface area contributed by atoms with Crippen molar-refractivity contribution in [3.05, 3.63) is 24.3 Å². The molecule has 3 nitrogen and oxygen atoms in total. The summed E-state index contributed by atoms with van der Waals surface area (Å²) in [6.45, 7) is 2.83. The molecule has 0 aromatic heterocycles. The predicted molar refractivity (Wildman–Crippen MR) is 55.5 cm³/mol. The molecule has 0 saturated carbocycles. The normalized spacial score (nSPS) is 14.6. The van der Waals surface area contributed by atoms with Crippen LogP contribution in [-0.2, 0) is 4.52 Å². The van der Waals surface area contributed by atoms with Gasteiger partial charge in [0.05, 0.1) is 6.61 Å². The molecule has 4 heteroatoms. The van der Waals surface area contributed by atoms with Gasteiger partial charge in [-0.1, -0.05) is 25.5 Å². The van der Waals surface area contributed by atoms with E-state index in [0.29, 0.717) is 6.61 Å². The van der Waals surface area contributed by atoms with E-state index in [1.54, 1.807) is 0 Å². The van der Waals surface area contributed by atoms with Crippen LogP contribution in [-0.4, -0.2) is 6.61 Å². The third-order valence-corrected chi connectivity index (χ3v) is 2.97. The Morgan fingerprint density at radius 2 is 1.86 bits per heavy atom. The van der Waals surface area contributed by atoms with E-state index in [-0.39, 0.29) is 0 Å². The second kappa shape index (κ2) is 4.63. The molecule has 0 atom stereocenters. The van der Waals surface area contributed by atoms with Gasteiger partial charge in [-0.05, 0) is 18.6 Å². The van der Waals surface area contributed by atoms with Gasteiger partial charge < -0.3 is 9.05 Å². The lowest BCUT2D eigenvalue weighted by Crippen LogP contribution is -1.94. The summed E-state index contributed by atoms with van der Waals surface area (Å²) in [5.41, 5.74) is 0. The molecule has 0 spiro atoms. The van der Waals surface area contributed by atoms with Crippen LogP contribution in [0.25, 0.3) is 0 Å². The average Bonchev–Trinajstić information content (AvgIpc) is 2.60. The quantitative estimate of drug-likeness (QED) is 0.564. The maximum absolute atomic E-state index is 5.47. The summed E-state index contributed by atoms with van der Waals surface area (Å²) in [5.74, 6) is 1.57. The van der Waals surface area contributed by atoms with Gasteiger partial charge in [-0.2, -0.15) is 0 Å². The first-order chi connectivity index (χ1) is 6.90. The number of hydrogen-bond acceptors (Lipinski definition) is 3. The van der Waals surface area contributed by atoms with Gasteiger partial charge in [-0.15, -0.1) is 0 Å². The van der Waals surface area contributed by atoms with E-state index in [1.165, 1.54) is 0 Å². The van der Waals surface area contributed by atoms with E-state index >= 15 is 0 Å². The lowest BCUT2D eigenvalue weighted by atomic mass is 10.3. The molecule has 1 aliphatic rings. The van der Waals surface area contributed by atoms with Gasteiger partial charge in [0.2, 0.25) is 0 Å². The highest BCUT2D eigenvalue weighted by molar-refractivity contribution is 7.43. The Balaban J connectivity index is 1.86. The van der Waals surface area contributed by atoms with Crippen molar-refractivity contribution in [3.8, 4) is 11.5 Å². The first-order valence-electron chi connectivity index (χ1n) is 4.78. The topological polar surface area (TPSA) is 27.7 Å². The summed E-state index contributed by atoms with van der Waals surface area (Å²) in [5, 5.41) is 0. The van der Waals surface area contributed by atoms with E-state index in [0.717, 1.165) is 24.3 Å². The van der Waals surface area contributed by atoms with Crippen molar-refractivity contribution in [1.82, 2.24) is 0 Å². The van der Waals surface area contributed by atoms with Crippen LogP contribution >= 0.6 is 8.60 Å². The lowest BCUT2D eigenvalue weighted by molar-refractivity contribution is 0.278. The first kappa shape index (κ1) is 9.75. The fourth-order valence-electron chi connectivity index (χ4n) is 1.12. The highest BCUT2D eigenvalue weighted by atomic mass is 31.2. The molecule has 0 fully saturated rings. The molecular weight excluding hydrogens is 199 g/mol. The minimum Gasteiger partial charge on any atom is -0.414 e. The summed E-state index contributed by atoms with van der Waals surface area (Å²) < 4.78 is 16.4. The summed E-state index contributed by atoms with van der Waals surface area (Å²) in [6.07, 6.45) is 2.16. The maximum atomic E-state index is 5.47. The maximum Gasteiger partial charge on any atom is 0.463 e. The van der Waals surface area contributed by atoms with Gasteiger partial charge in [-0.25, -0.2) is 0 Å². The van der Waals surface area contributed by atoms with E-state index in [9.17, 15) is 0 Å². The Bertz CT molecular complexity index is 278. The van der Waals surface area contributed by atoms with Crippen LogP contribution in [0.3, 0.4) is 0 Å². The van der Waals surface area contributed by atoms with Gasteiger partial charge in [-0.3, -0.25) is 4.52 Å². The largest absolute Gasteiger partial charge is 0.463 e. The molecule has 0 amide bonds. The number of benzene rings is 1. The molecule has 0 radical (unpaired) electrons. The van der Waals surface area contributed by atoms with Crippen molar-refractivity contribution in [1.29, 1.82) is 0 Å². The second-order valence-corrected chi connectivity index (χ2v) is 4.11. The zero-order valence-electron chi connectivity index (χ0n) is 8.10. The number of para-hydroxylation sites is 2. The fourth-order valence-corrected chi connectivity index (χ4v) is 2.16. The predicted octanol–water partition coefficient (Wildman–Crippen LogP) is 3.50. The fraction of sp³-hybridized carbons (Fsp3) is 0.400. The Kier molecular flexibility index (Phi) is 3.22. The Morgan fingerprint density at radius 3 is 2.43 bits per heavy atom. The molecule has 14 heavy (non-hydrogen) atoms. The van der Waals surface area contributed by atoms with Gasteiger partial charge >= 0.3 is 8.60 Å². The van der Waals surface area contributed by atoms with Crippen LogP contribution in [0.2, 0.25) is 0 Å². The standard InChI is InChI=1S/C10H13O3P/c1-2-3-8-11-14-12-9-6-4-5-7-10(9)13-14/h4-7H,2-3,8H2,1H3. The van der Waals surface area contributed by atoms with Gasteiger partial charge in [0, 0.05) is 0 Å². The summed E-state index contributed by atoms with van der Waals surface area (Å²) in [6, 6.07) is 7.63. The van der Waals surface area contributed by atoms with E-state index < -0.39 is 8.60 Å². The highest BCUT2D eigenvalue weighted by Crippen LogP contribution is 2.52. The third-order valence-electron chi connectivity index (χ3n) is 1.89. The average molecular weight is 212 g/mol. The van der Waals surface area contributed by atoms with Crippen molar-refractivity contribution >= 4 is 8.60 Å². The Hall–Kier alpha value is -0.790. The number of rotatable bonds is 4. The van der Waals surface area contributed by atoms with Crippen molar-refractivity contribution < 1.29 is 13.6 Å². The minimum absolute atomic E-state index is 0.705. The molecule has 0 bridgehead atoms. The summed E-state index contributed by atoms with van der Waals surface area (Å²) in [7, 11) is -1.18. The van der Waals surface area contributed by atoms with Crippen LogP contribution in [0.1, 0.15) is 19.8 Å². The Labute approximate surface area is 85.0 Å². The zero-order chi connectivity index (χ0) is 9.80. The van der Waals surface area contributed by atoms with E-state index in [2.05, 4.69) is 6.92 Å². The minimum atomic E-state index is -1.18. The lowest BCUT2D eigenvalue weighted by Gasteiger charge is -2.06. The number of fused-ring (bicyclic) bond motifs is 1. The van der Waals surface area contributed by atoms with Crippen LogP contribution in [0.5, 0.6) is 11.5 Å². The van der Waals surface area contributed by atoms with E-state index in [4.69, 9.17) is 13.6 Å². The van der Waals surface area contributed by atoms with E-state index in [1.807, 2.05) is 24.3 Å². The molecule has 0 N–H and O–H groups in total. The van der Waals surface area contributed by atoms with Crippen molar-refractivity contribution in [2.75, 3.05) is 6.61 Å². The molecule has 0 unspecified atom stereocenters. The molecule has 1 aromatic carbocycles. The van der Waals surface area contributed by atoms with Crippen molar-refractivity contribution in [2.45, 2.75) is 19.8 Å².